The summed E-state index contributed by atoms with van der Waals surface area (Å²) in [7, 11) is 1.55. The van der Waals surface area contributed by atoms with Gasteiger partial charge in [-0.3, -0.25) is 19.5 Å². The first-order chi connectivity index (χ1) is 24.2. The molecule has 51 heavy (non-hydrogen) atoms. The Balaban J connectivity index is 1.43. The zero-order chi connectivity index (χ0) is 37.0. The van der Waals surface area contributed by atoms with E-state index >= 15 is 8.78 Å². The van der Waals surface area contributed by atoms with E-state index in [0.717, 1.165) is 18.1 Å². The van der Waals surface area contributed by atoms with Crippen LogP contribution in [0, 0.1) is 17.0 Å². The highest BCUT2D eigenvalue weighted by Crippen LogP contribution is 2.38. The summed E-state index contributed by atoms with van der Waals surface area (Å²) >= 11 is 12.8. The standard InChI is InChI=1S/C37H43Cl2F2N5O5/c1-22-25(8-6-7-13-42-34(22)39)26-20-24(38)10-11-27(26)43-35(48)29-32(47)33(37(2,3)4)44(5)46(36(29)49)21-23-9-12-28(31(41)30(23)40)51-19-16-45-14-17-50-18-15-45/h8-13,20,33,47H,6-7,14-19,21H2,1-5H3,(H,43,48)/t33-/m1/s1. The highest BCUT2D eigenvalue weighted by Gasteiger charge is 2.46. The molecule has 3 aliphatic rings. The monoisotopic (exact) mass is 745 g/mol. The van der Waals surface area contributed by atoms with E-state index in [0.29, 0.717) is 60.0 Å². The molecule has 3 heterocycles. The first-order valence-electron chi connectivity index (χ1n) is 16.8. The molecule has 0 aliphatic carbocycles. The van der Waals surface area contributed by atoms with Gasteiger partial charge in [0.25, 0.3) is 11.8 Å². The molecule has 3 aliphatic heterocycles. The van der Waals surface area contributed by atoms with E-state index < -0.39 is 52.8 Å². The Kier molecular flexibility index (Phi) is 12.2. The number of amides is 2. The Labute approximate surface area is 307 Å². The molecule has 2 amide bonds. The van der Waals surface area contributed by atoms with Crippen molar-refractivity contribution in [2.24, 2.45) is 10.4 Å². The fourth-order valence-electron chi connectivity index (χ4n) is 6.43. The number of likely N-dealkylation sites (N-methyl/N-ethyl adjacent to an activating group) is 1. The number of aliphatic hydroxyl groups excluding tert-OH is 1. The van der Waals surface area contributed by atoms with Crippen molar-refractivity contribution in [1.82, 2.24) is 14.9 Å². The Morgan fingerprint density at radius 3 is 2.55 bits per heavy atom. The van der Waals surface area contributed by atoms with Gasteiger partial charge in [0, 0.05) is 54.7 Å². The van der Waals surface area contributed by atoms with Crippen LogP contribution in [-0.2, 0) is 20.9 Å². The van der Waals surface area contributed by atoms with Crippen molar-refractivity contribution in [3.63, 3.8) is 0 Å². The van der Waals surface area contributed by atoms with E-state index in [4.69, 9.17) is 32.7 Å². The second-order valence-electron chi connectivity index (χ2n) is 13.7. The van der Waals surface area contributed by atoms with E-state index in [9.17, 15) is 14.7 Å². The topological polar surface area (TPSA) is 107 Å². The third-order valence-electron chi connectivity index (χ3n) is 9.06. The van der Waals surface area contributed by atoms with Gasteiger partial charge in [-0.05, 0) is 60.6 Å². The van der Waals surface area contributed by atoms with Gasteiger partial charge in [0.15, 0.2) is 11.6 Å². The molecule has 0 bridgehead atoms. The summed E-state index contributed by atoms with van der Waals surface area (Å²) in [6.45, 7) is 10.2. The van der Waals surface area contributed by atoms with Crippen molar-refractivity contribution >= 4 is 52.5 Å². The SMILES string of the molecule is CC1=C(Cl)N=CCCC=C1c1cc(Cl)ccc1NC(=O)C1=C(O)[C@H](C(C)(C)C)N(C)N(Cc2ccc(OCCN3CCOCC3)c(F)c2F)C1=O. The maximum Gasteiger partial charge on any atom is 0.277 e. The minimum Gasteiger partial charge on any atom is -0.509 e. The van der Waals surface area contributed by atoms with Gasteiger partial charge >= 0.3 is 0 Å². The minimum absolute atomic E-state index is 0.139. The van der Waals surface area contributed by atoms with Crippen LogP contribution in [0.4, 0.5) is 14.5 Å². The number of aliphatic hydroxyl groups is 1. The molecule has 0 radical (unpaired) electrons. The summed E-state index contributed by atoms with van der Waals surface area (Å²) in [6, 6.07) is 6.64. The molecule has 274 valence electrons. The summed E-state index contributed by atoms with van der Waals surface area (Å²) in [4.78, 5) is 34.6. The Hall–Kier alpha value is -3.81. The minimum atomic E-state index is -1.18. The van der Waals surface area contributed by atoms with Crippen molar-refractivity contribution < 1.29 is 33.0 Å². The Morgan fingerprint density at radius 1 is 1.12 bits per heavy atom. The van der Waals surface area contributed by atoms with Crippen LogP contribution in [-0.4, -0.2) is 90.6 Å². The third kappa shape index (κ3) is 8.64. The van der Waals surface area contributed by atoms with E-state index in [1.54, 1.807) is 38.4 Å². The predicted octanol–water partition coefficient (Wildman–Crippen LogP) is 7.10. The third-order valence-corrected chi connectivity index (χ3v) is 9.68. The average Bonchev–Trinajstić information content (AvgIpc) is 3.07. The number of hydrogen-bond donors (Lipinski definition) is 2. The number of morpholine rings is 1. The zero-order valence-corrected chi connectivity index (χ0v) is 30.9. The van der Waals surface area contributed by atoms with E-state index in [-0.39, 0.29) is 23.1 Å². The normalized spacial score (nSPS) is 19.6. The summed E-state index contributed by atoms with van der Waals surface area (Å²) in [5, 5.41) is 17.6. The predicted molar refractivity (Wildman–Crippen MR) is 195 cm³/mol. The van der Waals surface area contributed by atoms with E-state index in [2.05, 4.69) is 15.2 Å². The number of hydrazine groups is 1. The lowest BCUT2D eigenvalue weighted by molar-refractivity contribution is -0.158. The lowest BCUT2D eigenvalue weighted by Crippen LogP contribution is -2.59. The van der Waals surface area contributed by atoms with Crippen LogP contribution in [0.25, 0.3) is 5.57 Å². The number of carbonyl (C=O) groups excluding carboxylic acids is 2. The lowest BCUT2D eigenvalue weighted by atomic mass is 9.82. The van der Waals surface area contributed by atoms with Crippen LogP contribution in [0.5, 0.6) is 5.75 Å². The molecule has 1 atom stereocenters. The number of nitrogens with one attached hydrogen (secondary N) is 1. The Morgan fingerprint density at radius 2 is 1.84 bits per heavy atom. The van der Waals surface area contributed by atoms with Gasteiger partial charge in [0.1, 0.15) is 23.1 Å². The van der Waals surface area contributed by atoms with Crippen molar-refractivity contribution in [3.8, 4) is 5.75 Å². The summed E-state index contributed by atoms with van der Waals surface area (Å²) in [5.74, 6) is -4.84. The maximum atomic E-state index is 15.6. The number of anilines is 1. The number of carbonyl (C=O) groups is 2. The van der Waals surface area contributed by atoms with Crippen LogP contribution in [0.2, 0.25) is 5.02 Å². The van der Waals surface area contributed by atoms with Crippen LogP contribution in [0.15, 0.2) is 63.5 Å². The molecular weight excluding hydrogens is 703 g/mol. The number of nitrogens with zero attached hydrogens (tertiary/aromatic N) is 4. The van der Waals surface area contributed by atoms with Crippen molar-refractivity contribution in [2.75, 3.05) is 51.8 Å². The first-order valence-corrected chi connectivity index (χ1v) is 17.5. The highest BCUT2D eigenvalue weighted by molar-refractivity contribution is 6.32. The van der Waals surface area contributed by atoms with Gasteiger partial charge in [-0.25, -0.2) is 14.4 Å². The van der Waals surface area contributed by atoms with Crippen LogP contribution in [0.3, 0.4) is 0 Å². The molecule has 2 aromatic rings. The number of benzene rings is 2. The van der Waals surface area contributed by atoms with Gasteiger partial charge in [0.05, 0.1) is 25.8 Å². The fraction of sp³-hybridized carbons (Fsp3) is 0.432. The molecule has 0 saturated carbocycles. The van der Waals surface area contributed by atoms with Crippen molar-refractivity contribution in [2.45, 2.75) is 53.1 Å². The molecule has 2 aromatic carbocycles. The number of ether oxygens (including phenoxy) is 2. The number of allylic oxidation sites excluding steroid dienone is 3. The van der Waals surface area contributed by atoms with Gasteiger partial charge in [-0.15, -0.1) is 0 Å². The Bertz CT molecular complexity index is 1800. The fourth-order valence-corrected chi connectivity index (χ4v) is 6.77. The van der Waals surface area contributed by atoms with E-state index in [1.165, 1.54) is 17.1 Å². The number of halogens is 4. The largest absolute Gasteiger partial charge is 0.509 e. The second-order valence-corrected chi connectivity index (χ2v) is 14.5. The lowest BCUT2D eigenvalue weighted by Gasteiger charge is -2.46. The molecule has 2 N–H and O–H groups in total. The molecule has 14 heteroatoms. The average molecular weight is 747 g/mol. The summed E-state index contributed by atoms with van der Waals surface area (Å²) < 4.78 is 41.7. The second kappa shape index (κ2) is 16.2. The molecular formula is C37H43Cl2F2N5O5. The molecule has 10 nitrogen and oxygen atoms in total. The van der Waals surface area contributed by atoms with Crippen LogP contribution >= 0.6 is 23.2 Å². The number of aliphatic imine (C=N–C) groups is 1. The number of rotatable bonds is 9. The molecule has 1 fully saturated rings. The molecule has 1 saturated heterocycles. The van der Waals surface area contributed by atoms with Gasteiger partial charge < -0.3 is 19.9 Å². The highest BCUT2D eigenvalue weighted by atomic mass is 35.5. The molecule has 0 spiro atoms. The maximum absolute atomic E-state index is 15.6. The van der Waals surface area contributed by atoms with Gasteiger partial charge in [-0.2, -0.15) is 4.39 Å². The van der Waals surface area contributed by atoms with Gasteiger partial charge in [-0.1, -0.05) is 56.1 Å². The first kappa shape index (κ1) is 38.4. The van der Waals surface area contributed by atoms with Crippen LogP contribution in [0.1, 0.15) is 51.7 Å². The molecule has 5 rings (SSSR count). The van der Waals surface area contributed by atoms with Crippen molar-refractivity contribution in [1.29, 1.82) is 0 Å². The van der Waals surface area contributed by atoms with E-state index in [1.807, 2.05) is 26.8 Å². The molecule has 0 unspecified atom stereocenters. The summed E-state index contributed by atoms with van der Waals surface area (Å²) in [6.07, 6.45) is 5.00. The van der Waals surface area contributed by atoms with Crippen molar-refractivity contribution in [3.05, 3.63) is 86.3 Å². The van der Waals surface area contributed by atoms with Crippen LogP contribution < -0.4 is 10.1 Å². The summed E-state index contributed by atoms with van der Waals surface area (Å²) in [5.41, 5.74) is 0.830. The smallest absolute Gasteiger partial charge is 0.277 e. The number of hydrogen-bond acceptors (Lipinski definition) is 8. The molecule has 0 aromatic heterocycles. The quantitative estimate of drug-likeness (QED) is 0.208. The zero-order valence-electron chi connectivity index (χ0n) is 29.4. The van der Waals surface area contributed by atoms with Gasteiger partial charge in [0.2, 0.25) is 5.82 Å².